The number of rotatable bonds is 4. The van der Waals surface area contributed by atoms with Gasteiger partial charge in [0, 0.05) is 31.5 Å². The van der Waals surface area contributed by atoms with Gasteiger partial charge in [0.1, 0.15) is 11.4 Å². The topological polar surface area (TPSA) is 67.7 Å². The predicted octanol–water partition coefficient (Wildman–Crippen LogP) is 1.44. The number of carbonyl (C=O) groups excluding carboxylic acids is 2. The van der Waals surface area contributed by atoms with Gasteiger partial charge in [0.15, 0.2) is 0 Å². The van der Waals surface area contributed by atoms with Crippen molar-refractivity contribution in [3.8, 4) is 0 Å². The summed E-state index contributed by atoms with van der Waals surface area (Å²) < 4.78 is 8.22. The molecule has 2 saturated heterocycles. The van der Waals surface area contributed by atoms with Gasteiger partial charge in [-0.05, 0) is 27.7 Å². The van der Waals surface area contributed by atoms with Crippen LogP contribution in [0.2, 0.25) is 0 Å². The summed E-state index contributed by atoms with van der Waals surface area (Å²) in [6.07, 6.45) is 7.30. The second-order valence-corrected chi connectivity index (χ2v) is 8.82. The molecule has 4 heterocycles. The van der Waals surface area contributed by atoms with Crippen LogP contribution in [-0.4, -0.2) is 62.0 Å². The monoisotopic (exact) mass is 372 g/mol. The van der Waals surface area contributed by atoms with Crippen molar-refractivity contribution >= 4 is 11.8 Å². The average molecular weight is 372 g/mol. The Bertz CT molecular complexity index is 808. The Morgan fingerprint density at radius 2 is 2.19 bits per heavy atom. The lowest BCUT2D eigenvalue weighted by Crippen LogP contribution is -2.47. The zero-order chi connectivity index (χ0) is 19.6. The second-order valence-electron chi connectivity index (χ2n) is 8.82. The molecule has 7 heteroatoms. The third-order valence-electron chi connectivity index (χ3n) is 6.09. The van der Waals surface area contributed by atoms with Crippen molar-refractivity contribution in [1.29, 1.82) is 0 Å². The van der Waals surface area contributed by atoms with E-state index in [-0.39, 0.29) is 23.5 Å². The van der Waals surface area contributed by atoms with E-state index < -0.39 is 17.4 Å². The molecule has 1 spiro atoms. The van der Waals surface area contributed by atoms with Crippen molar-refractivity contribution in [2.45, 2.75) is 58.0 Å². The molecule has 0 radical (unpaired) electrons. The Labute approximate surface area is 160 Å². The van der Waals surface area contributed by atoms with Crippen LogP contribution in [0, 0.1) is 11.8 Å². The van der Waals surface area contributed by atoms with E-state index >= 15 is 0 Å². The lowest BCUT2D eigenvalue weighted by atomic mass is 9.76. The molecule has 146 valence electrons. The van der Waals surface area contributed by atoms with Gasteiger partial charge in [-0.3, -0.25) is 9.59 Å². The first kappa shape index (κ1) is 18.2. The van der Waals surface area contributed by atoms with Crippen LogP contribution in [0.5, 0.6) is 0 Å². The second kappa shape index (κ2) is 5.92. The molecule has 1 aromatic heterocycles. The van der Waals surface area contributed by atoms with E-state index in [1.165, 1.54) is 0 Å². The van der Waals surface area contributed by atoms with E-state index in [9.17, 15) is 9.59 Å². The summed E-state index contributed by atoms with van der Waals surface area (Å²) in [6.45, 7) is 9.85. The van der Waals surface area contributed by atoms with Crippen LogP contribution in [0.4, 0.5) is 0 Å². The average Bonchev–Trinajstić information content (AvgIpc) is 3.34. The Morgan fingerprint density at radius 3 is 2.85 bits per heavy atom. The van der Waals surface area contributed by atoms with E-state index in [1.807, 2.05) is 55.5 Å². The smallest absolute Gasteiger partial charge is 0.230 e. The summed E-state index contributed by atoms with van der Waals surface area (Å²) in [7, 11) is 1.78. The zero-order valence-electron chi connectivity index (χ0n) is 16.7. The maximum Gasteiger partial charge on any atom is 0.230 e. The first-order valence-corrected chi connectivity index (χ1v) is 9.61. The fourth-order valence-electron chi connectivity index (χ4n) is 4.67. The van der Waals surface area contributed by atoms with Gasteiger partial charge < -0.3 is 19.1 Å². The lowest BCUT2D eigenvalue weighted by molar-refractivity contribution is -0.144. The first-order chi connectivity index (χ1) is 12.7. The third-order valence-corrected chi connectivity index (χ3v) is 6.09. The quantitative estimate of drug-likeness (QED) is 0.750. The number of fused-ring (bicyclic) bond motifs is 1. The largest absolute Gasteiger partial charge is 0.360 e. The number of imidazole rings is 1. The molecule has 0 N–H and O–H groups in total. The van der Waals surface area contributed by atoms with Gasteiger partial charge in [-0.15, -0.1) is 0 Å². The molecule has 0 saturated carbocycles. The molecule has 3 aliphatic rings. The van der Waals surface area contributed by atoms with Gasteiger partial charge in [0.05, 0.1) is 31.0 Å². The van der Waals surface area contributed by atoms with Crippen LogP contribution in [0.1, 0.15) is 33.5 Å². The molecule has 7 nitrogen and oxygen atoms in total. The molecule has 27 heavy (non-hydrogen) atoms. The van der Waals surface area contributed by atoms with E-state index in [2.05, 4.69) is 4.98 Å². The number of aromatic nitrogens is 2. The number of amides is 2. The normalized spacial score (nSPS) is 31.7. The Balaban J connectivity index is 1.58. The summed E-state index contributed by atoms with van der Waals surface area (Å²) in [5, 5.41) is 0. The zero-order valence-corrected chi connectivity index (χ0v) is 16.7. The maximum absolute atomic E-state index is 13.3. The molecule has 0 aromatic carbocycles. The van der Waals surface area contributed by atoms with Gasteiger partial charge in [-0.25, -0.2) is 4.98 Å². The SMILES string of the molecule is CCn1ccnc1CN(C)C(=O)C1C2C(=O)N(C(C)(C)C)C[C@]23C=C[C@H]1O3. The van der Waals surface area contributed by atoms with Crippen molar-refractivity contribution in [3.05, 3.63) is 30.4 Å². The van der Waals surface area contributed by atoms with Gasteiger partial charge in [-0.2, -0.15) is 0 Å². The minimum absolute atomic E-state index is 0.0242. The van der Waals surface area contributed by atoms with E-state index in [4.69, 9.17) is 4.74 Å². The highest BCUT2D eigenvalue weighted by atomic mass is 16.5. The first-order valence-electron chi connectivity index (χ1n) is 9.61. The molecule has 1 aromatic rings. The van der Waals surface area contributed by atoms with Crippen LogP contribution in [-0.2, 0) is 27.4 Å². The number of aryl methyl sites for hydroxylation is 1. The summed E-state index contributed by atoms with van der Waals surface area (Å²) in [6, 6.07) is 0. The van der Waals surface area contributed by atoms with E-state index in [1.54, 1.807) is 18.1 Å². The molecule has 4 rings (SSSR count). The maximum atomic E-state index is 13.3. The molecule has 2 bridgehead atoms. The highest BCUT2D eigenvalue weighted by Gasteiger charge is 2.68. The van der Waals surface area contributed by atoms with Crippen molar-refractivity contribution < 1.29 is 14.3 Å². The number of hydrogen-bond donors (Lipinski definition) is 0. The molecular formula is C20H28N4O3. The van der Waals surface area contributed by atoms with Crippen molar-refractivity contribution in [2.24, 2.45) is 11.8 Å². The summed E-state index contributed by atoms with van der Waals surface area (Å²) in [5.41, 5.74) is -0.949. The van der Waals surface area contributed by atoms with Crippen LogP contribution >= 0.6 is 0 Å². The van der Waals surface area contributed by atoms with E-state index in [0.717, 1.165) is 12.4 Å². The summed E-state index contributed by atoms with van der Waals surface area (Å²) in [4.78, 5) is 34.4. The number of carbonyl (C=O) groups is 2. The van der Waals surface area contributed by atoms with Crippen LogP contribution < -0.4 is 0 Å². The van der Waals surface area contributed by atoms with Crippen LogP contribution in [0.25, 0.3) is 0 Å². The minimum atomic E-state index is -0.655. The summed E-state index contributed by atoms with van der Waals surface area (Å²) >= 11 is 0. The Hall–Kier alpha value is -2.15. The lowest BCUT2D eigenvalue weighted by Gasteiger charge is -2.34. The van der Waals surface area contributed by atoms with Crippen molar-refractivity contribution in [1.82, 2.24) is 19.4 Å². The molecule has 3 aliphatic heterocycles. The summed E-state index contributed by atoms with van der Waals surface area (Å²) in [5.74, 6) is -0.0867. The number of hydrogen-bond acceptors (Lipinski definition) is 4. The van der Waals surface area contributed by atoms with Gasteiger partial charge >= 0.3 is 0 Å². The Kier molecular flexibility index (Phi) is 4.00. The fraction of sp³-hybridized carbons (Fsp3) is 0.650. The van der Waals surface area contributed by atoms with Gasteiger partial charge in [0.25, 0.3) is 0 Å². The van der Waals surface area contributed by atoms with Gasteiger partial charge in [-0.1, -0.05) is 12.2 Å². The van der Waals surface area contributed by atoms with Gasteiger partial charge in [0.2, 0.25) is 11.8 Å². The molecule has 0 aliphatic carbocycles. The number of likely N-dealkylation sites (tertiary alicyclic amines) is 1. The minimum Gasteiger partial charge on any atom is -0.360 e. The third kappa shape index (κ3) is 2.63. The highest BCUT2D eigenvalue weighted by Crippen LogP contribution is 2.53. The Morgan fingerprint density at radius 1 is 1.44 bits per heavy atom. The van der Waals surface area contributed by atoms with Crippen molar-refractivity contribution in [3.63, 3.8) is 0 Å². The van der Waals surface area contributed by atoms with Crippen molar-refractivity contribution in [2.75, 3.05) is 13.6 Å². The fourth-order valence-corrected chi connectivity index (χ4v) is 4.67. The number of ether oxygens (including phenoxy) is 1. The predicted molar refractivity (Wildman–Crippen MR) is 99.6 cm³/mol. The standard InChI is InChI=1S/C20H28N4O3/c1-6-23-10-9-21-14(23)11-22(5)17(25)15-13-7-8-20(27-13)12-24(19(2,3)4)18(26)16(15)20/h7-10,13,15-16H,6,11-12H2,1-5H3/t13-,15?,16?,20-/m1/s1. The van der Waals surface area contributed by atoms with Crippen LogP contribution in [0.3, 0.4) is 0 Å². The molecule has 4 atom stereocenters. The molecule has 2 fully saturated rings. The van der Waals surface area contributed by atoms with Crippen LogP contribution in [0.15, 0.2) is 24.5 Å². The highest BCUT2D eigenvalue weighted by molar-refractivity contribution is 5.93. The number of nitrogens with zero attached hydrogens (tertiary/aromatic N) is 4. The molecular weight excluding hydrogens is 344 g/mol. The van der Waals surface area contributed by atoms with E-state index in [0.29, 0.717) is 13.1 Å². The molecule has 2 unspecified atom stereocenters. The molecule has 2 amide bonds.